The van der Waals surface area contributed by atoms with Crippen molar-refractivity contribution in [1.29, 1.82) is 0 Å². The predicted octanol–water partition coefficient (Wildman–Crippen LogP) is 7.14. The first kappa shape index (κ1) is 22.8. The Kier molecular flexibility index (Phi) is 6.50. The zero-order valence-corrected chi connectivity index (χ0v) is 20.1. The first-order chi connectivity index (χ1) is 16.5. The molecule has 1 unspecified atom stereocenters. The zero-order chi connectivity index (χ0) is 23.7. The van der Waals surface area contributed by atoms with Gasteiger partial charge in [0.15, 0.2) is 0 Å². The smallest absolute Gasteiger partial charge is 0.224 e. The SMILES string of the molecule is COc1ccc2c(NC(C)CC3CCC(c4ccnc5ccc(F)cc45)CC3)nc(Cl)nc2c1. The lowest BCUT2D eigenvalue weighted by molar-refractivity contribution is 0.302. The second-order valence-corrected chi connectivity index (χ2v) is 9.62. The number of anilines is 1. The van der Waals surface area contributed by atoms with Crippen molar-refractivity contribution in [3.63, 3.8) is 0 Å². The summed E-state index contributed by atoms with van der Waals surface area (Å²) in [5.41, 5.74) is 2.86. The van der Waals surface area contributed by atoms with Crippen LogP contribution in [0.4, 0.5) is 10.2 Å². The van der Waals surface area contributed by atoms with Crippen molar-refractivity contribution in [3.05, 3.63) is 65.3 Å². The maximum absolute atomic E-state index is 13.9. The fourth-order valence-electron chi connectivity index (χ4n) is 5.32. The van der Waals surface area contributed by atoms with Crippen LogP contribution in [0.25, 0.3) is 21.8 Å². The average molecular weight is 479 g/mol. The summed E-state index contributed by atoms with van der Waals surface area (Å²) >= 11 is 6.19. The zero-order valence-electron chi connectivity index (χ0n) is 19.4. The number of rotatable bonds is 6. The quantitative estimate of drug-likeness (QED) is 0.298. The fraction of sp³-hybridized carbons (Fsp3) is 0.370. The van der Waals surface area contributed by atoms with Crippen molar-refractivity contribution in [1.82, 2.24) is 15.0 Å². The molecule has 5 nitrogen and oxygen atoms in total. The minimum absolute atomic E-state index is 0.203. The van der Waals surface area contributed by atoms with E-state index >= 15 is 0 Å². The second-order valence-electron chi connectivity index (χ2n) is 9.28. The van der Waals surface area contributed by atoms with E-state index in [1.807, 2.05) is 24.4 Å². The van der Waals surface area contributed by atoms with Crippen LogP contribution in [0.5, 0.6) is 5.75 Å². The minimum Gasteiger partial charge on any atom is -0.497 e. The Morgan fingerprint density at radius 1 is 1.03 bits per heavy atom. The molecule has 7 heteroatoms. The molecule has 0 spiro atoms. The lowest BCUT2D eigenvalue weighted by Gasteiger charge is -2.31. The van der Waals surface area contributed by atoms with Crippen LogP contribution < -0.4 is 10.1 Å². The third-order valence-corrected chi connectivity index (χ3v) is 7.14. The number of ether oxygens (including phenoxy) is 1. The summed E-state index contributed by atoms with van der Waals surface area (Å²) in [5, 5.41) is 5.65. The number of hydrogen-bond donors (Lipinski definition) is 1. The van der Waals surface area contributed by atoms with Gasteiger partial charge in [-0.3, -0.25) is 4.98 Å². The lowest BCUT2D eigenvalue weighted by atomic mass is 9.76. The largest absolute Gasteiger partial charge is 0.497 e. The molecule has 176 valence electrons. The molecule has 1 aliphatic carbocycles. The van der Waals surface area contributed by atoms with Crippen molar-refractivity contribution < 1.29 is 9.13 Å². The molecule has 0 bridgehead atoms. The van der Waals surface area contributed by atoms with Crippen LogP contribution in [-0.4, -0.2) is 28.1 Å². The maximum atomic E-state index is 13.9. The lowest BCUT2D eigenvalue weighted by Crippen LogP contribution is -2.23. The Hall–Kier alpha value is -2.99. The molecule has 2 aromatic heterocycles. The normalized spacial score (nSPS) is 19.3. The van der Waals surface area contributed by atoms with E-state index < -0.39 is 0 Å². The summed E-state index contributed by atoms with van der Waals surface area (Å²) in [4.78, 5) is 13.2. The Morgan fingerprint density at radius 3 is 2.65 bits per heavy atom. The molecule has 5 rings (SSSR count). The van der Waals surface area contributed by atoms with Crippen LogP contribution in [0.1, 0.15) is 50.5 Å². The summed E-state index contributed by atoms with van der Waals surface area (Å²) in [6.07, 6.45) is 7.42. The van der Waals surface area contributed by atoms with Crippen molar-refractivity contribution in [2.75, 3.05) is 12.4 Å². The Labute approximate surface area is 203 Å². The van der Waals surface area contributed by atoms with E-state index in [-0.39, 0.29) is 17.1 Å². The molecule has 1 aliphatic rings. The second kappa shape index (κ2) is 9.71. The number of methoxy groups -OCH3 is 1. The van der Waals surface area contributed by atoms with E-state index in [4.69, 9.17) is 16.3 Å². The highest BCUT2D eigenvalue weighted by molar-refractivity contribution is 6.28. The molecule has 0 amide bonds. The molecule has 4 aromatic rings. The minimum atomic E-state index is -0.203. The van der Waals surface area contributed by atoms with Gasteiger partial charge in [0.05, 0.1) is 18.1 Å². The summed E-state index contributed by atoms with van der Waals surface area (Å²) < 4.78 is 19.2. The van der Waals surface area contributed by atoms with Gasteiger partial charge in [-0.2, -0.15) is 0 Å². The van der Waals surface area contributed by atoms with Crippen molar-refractivity contribution >= 4 is 39.2 Å². The molecular formula is C27H28ClFN4O. The van der Waals surface area contributed by atoms with Crippen LogP contribution in [0.3, 0.4) is 0 Å². The summed E-state index contributed by atoms with van der Waals surface area (Å²) in [5.74, 6) is 2.37. The van der Waals surface area contributed by atoms with Crippen molar-refractivity contribution in [2.24, 2.45) is 5.92 Å². The highest BCUT2D eigenvalue weighted by Gasteiger charge is 2.25. The van der Waals surface area contributed by atoms with Crippen molar-refractivity contribution in [2.45, 2.75) is 51.0 Å². The molecule has 1 fully saturated rings. The van der Waals surface area contributed by atoms with E-state index in [1.54, 1.807) is 19.2 Å². The molecule has 34 heavy (non-hydrogen) atoms. The van der Waals surface area contributed by atoms with Gasteiger partial charge in [-0.1, -0.05) is 0 Å². The van der Waals surface area contributed by atoms with Gasteiger partial charge in [0.2, 0.25) is 5.28 Å². The molecule has 0 aliphatic heterocycles. The van der Waals surface area contributed by atoms with Gasteiger partial charge >= 0.3 is 0 Å². The molecule has 0 radical (unpaired) electrons. The van der Waals surface area contributed by atoms with Crippen LogP contribution in [0.2, 0.25) is 5.28 Å². The summed E-state index contributed by atoms with van der Waals surface area (Å²) in [6.45, 7) is 2.19. The standard InChI is InChI=1S/C27H28ClFN4O/c1-16(31-26-22-9-8-20(34-2)15-25(22)32-27(28)33-26)13-17-3-5-18(6-4-17)21-11-12-30-24-10-7-19(29)14-23(21)24/h7-12,14-18H,3-6,13H2,1-2H3,(H,31,32,33). The number of aromatic nitrogens is 3. The molecule has 2 aromatic carbocycles. The number of halogens is 2. The van der Waals surface area contributed by atoms with Gasteiger partial charge in [0.1, 0.15) is 17.4 Å². The predicted molar refractivity (Wildman–Crippen MR) is 135 cm³/mol. The average Bonchev–Trinajstić information content (AvgIpc) is 2.83. The number of hydrogen-bond acceptors (Lipinski definition) is 5. The van der Waals surface area contributed by atoms with Crippen molar-refractivity contribution in [3.8, 4) is 5.75 Å². The van der Waals surface area contributed by atoms with Gasteiger partial charge in [-0.05, 0) is 104 Å². The van der Waals surface area contributed by atoms with Gasteiger partial charge in [0.25, 0.3) is 0 Å². The van der Waals surface area contributed by atoms with Crippen LogP contribution in [-0.2, 0) is 0 Å². The monoisotopic (exact) mass is 478 g/mol. The van der Waals surface area contributed by atoms with E-state index in [0.29, 0.717) is 11.8 Å². The van der Waals surface area contributed by atoms with Crippen LogP contribution >= 0.6 is 11.6 Å². The number of benzene rings is 2. The number of fused-ring (bicyclic) bond motifs is 2. The molecule has 1 atom stereocenters. The third-order valence-electron chi connectivity index (χ3n) is 6.97. The topological polar surface area (TPSA) is 59.9 Å². The summed E-state index contributed by atoms with van der Waals surface area (Å²) in [6, 6.07) is 12.9. The molecule has 0 saturated heterocycles. The molecular weight excluding hydrogens is 451 g/mol. The van der Waals surface area contributed by atoms with E-state index in [9.17, 15) is 4.39 Å². The van der Waals surface area contributed by atoms with Crippen LogP contribution in [0.15, 0.2) is 48.7 Å². The van der Waals surface area contributed by atoms with Gasteiger partial charge in [-0.15, -0.1) is 0 Å². The van der Waals surface area contributed by atoms with Gasteiger partial charge in [-0.25, -0.2) is 14.4 Å². The van der Waals surface area contributed by atoms with E-state index in [0.717, 1.165) is 65.5 Å². The van der Waals surface area contributed by atoms with Gasteiger partial charge < -0.3 is 10.1 Å². The first-order valence-electron chi connectivity index (χ1n) is 11.8. The number of pyridine rings is 1. The maximum Gasteiger partial charge on any atom is 0.224 e. The Balaban J connectivity index is 1.24. The molecule has 2 heterocycles. The highest BCUT2D eigenvalue weighted by atomic mass is 35.5. The highest BCUT2D eigenvalue weighted by Crippen LogP contribution is 2.40. The number of nitrogens with zero attached hydrogens (tertiary/aromatic N) is 3. The molecule has 1 N–H and O–H groups in total. The third kappa shape index (κ3) is 4.78. The molecule has 1 saturated carbocycles. The first-order valence-corrected chi connectivity index (χ1v) is 12.2. The summed E-state index contributed by atoms with van der Waals surface area (Å²) in [7, 11) is 1.63. The van der Waals surface area contributed by atoms with E-state index in [1.165, 1.54) is 11.6 Å². The Bertz CT molecular complexity index is 1320. The fourth-order valence-corrected chi connectivity index (χ4v) is 5.49. The van der Waals surface area contributed by atoms with Crippen LogP contribution in [0, 0.1) is 11.7 Å². The number of nitrogens with one attached hydrogen (secondary N) is 1. The van der Waals surface area contributed by atoms with E-state index in [2.05, 4.69) is 33.3 Å². The Morgan fingerprint density at radius 2 is 1.85 bits per heavy atom. The van der Waals surface area contributed by atoms with Gasteiger partial charge in [0, 0.05) is 29.1 Å².